The van der Waals surface area contributed by atoms with Crippen molar-refractivity contribution in [1.82, 2.24) is 47.3 Å². The van der Waals surface area contributed by atoms with E-state index >= 15 is 8.78 Å². The minimum absolute atomic E-state index is 0.00430. The van der Waals surface area contributed by atoms with Crippen LogP contribution in [0.2, 0.25) is 0 Å². The first-order chi connectivity index (χ1) is 19.9. The predicted molar refractivity (Wildman–Crippen MR) is 148 cm³/mol. The summed E-state index contributed by atoms with van der Waals surface area (Å²) >= 11 is 0. The van der Waals surface area contributed by atoms with Crippen molar-refractivity contribution in [2.45, 2.75) is 25.9 Å². The molecule has 0 bridgehead atoms. The Labute approximate surface area is 240 Å². The molecule has 4 aromatic heterocycles. The highest BCUT2D eigenvalue weighted by Gasteiger charge is 2.42. The smallest absolute Gasteiger partial charge is 0.308 e. The summed E-state index contributed by atoms with van der Waals surface area (Å²) in [6.45, 7) is 1.84. The topological polar surface area (TPSA) is 129 Å². The quantitative estimate of drug-likeness (QED) is 0.277. The lowest BCUT2D eigenvalue weighted by molar-refractivity contribution is -0.0497. The zero-order valence-corrected chi connectivity index (χ0v) is 24.3. The molecule has 13 nitrogen and oxygen atoms in total. The standard InChI is InChI=1S/C26H28F2N10O3S/c1-16-30-24(38(33-16)10-17-6-8-19(41-5)9-7-17)21-22(20-13-36(15-29-20)42(39,40)34(2)3)37-12-18-11-35(4)14-26(27,28)23(18)32-25(37)31-21/h6-9,12-13,15H,10-11,14H2,1-5H3. The summed E-state index contributed by atoms with van der Waals surface area (Å²) in [5.74, 6) is -1.66. The van der Waals surface area contributed by atoms with Crippen LogP contribution in [0.15, 0.2) is 43.0 Å². The largest absolute Gasteiger partial charge is 0.497 e. The molecule has 0 N–H and O–H groups in total. The fraction of sp³-hybridized carbons (Fsp3) is 0.346. The molecule has 5 aromatic rings. The molecule has 1 aliphatic rings. The lowest BCUT2D eigenvalue weighted by Gasteiger charge is -2.30. The third-order valence-corrected chi connectivity index (χ3v) is 8.62. The Kier molecular flexibility index (Phi) is 6.58. The average Bonchev–Trinajstić information content (AvgIpc) is 3.64. The van der Waals surface area contributed by atoms with Crippen LogP contribution in [0.4, 0.5) is 8.78 Å². The van der Waals surface area contributed by atoms with E-state index in [-0.39, 0.29) is 29.4 Å². The Morgan fingerprint density at radius 1 is 1.10 bits per heavy atom. The normalized spacial score (nSPS) is 15.4. The van der Waals surface area contributed by atoms with Gasteiger partial charge in [0.2, 0.25) is 5.78 Å². The van der Waals surface area contributed by atoms with Crippen molar-refractivity contribution >= 4 is 16.0 Å². The number of benzene rings is 1. The monoisotopic (exact) mass is 598 g/mol. The van der Waals surface area contributed by atoms with Gasteiger partial charge in [0.1, 0.15) is 40.7 Å². The molecule has 0 aliphatic carbocycles. The van der Waals surface area contributed by atoms with Crippen molar-refractivity contribution in [2.75, 3.05) is 34.8 Å². The minimum atomic E-state index is -3.87. The van der Waals surface area contributed by atoms with E-state index in [1.165, 1.54) is 31.5 Å². The first-order valence-corrected chi connectivity index (χ1v) is 14.3. The molecule has 42 heavy (non-hydrogen) atoms. The van der Waals surface area contributed by atoms with Crippen molar-refractivity contribution in [3.63, 3.8) is 0 Å². The van der Waals surface area contributed by atoms with E-state index in [2.05, 4.69) is 25.0 Å². The molecule has 0 saturated carbocycles. The molecule has 0 saturated heterocycles. The van der Waals surface area contributed by atoms with Gasteiger partial charge in [-0.1, -0.05) is 12.1 Å². The molecule has 6 rings (SSSR count). The summed E-state index contributed by atoms with van der Waals surface area (Å²) in [7, 11) is 2.14. The van der Waals surface area contributed by atoms with Crippen molar-refractivity contribution in [1.29, 1.82) is 0 Å². The second kappa shape index (κ2) is 9.92. The number of methoxy groups -OCH3 is 1. The number of nitrogens with zero attached hydrogens (tertiary/aromatic N) is 10. The van der Waals surface area contributed by atoms with Gasteiger partial charge >= 0.3 is 16.1 Å². The molecule has 0 radical (unpaired) electrons. The Morgan fingerprint density at radius 3 is 2.52 bits per heavy atom. The van der Waals surface area contributed by atoms with E-state index in [4.69, 9.17) is 4.74 Å². The van der Waals surface area contributed by atoms with E-state index in [0.717, 1.165) is 13.8 Å². The van der Waals surface area contributed by atoms with Crippen LogP contribution in [0.1, 0.15) is 22.6 Å². The highest BCUT2D eigenvalue weighted by Crippen LogP contribution is 2.37. The Hall–Kier alpha value is -4.28. The molecule has 0 unspecified atom stereocenters. The Bertz CT molecular complexity index is 1910. The summed E-state index contributed by atoms with van der Waals surface area (Å²) < 4.78 is 66.2. The molecule has 1 aliphatic heterocycles. The number of hydrogen-bond acceptors (Lipinski definition) is 9. The number of fused-ring (bicyclic) bond motifs is 2. The summed E-state index contributed by atoms with van der Waals surface area (Å²) in [4.78, 5) is 19.5. The van der Waals surface area contributed by atoms with Gasteiger partial charge in [-0.15, -0.1) is 0 Å². The number of aromatic nitrogens is 8. The maximum atomic E-state index is 15.0. The molecule has 1 aromatic carbocycles. The Morgan fingerprint density at radius 2 is 1.83 bits per heavy atom. The van der Waals surface area contributed by atoms with E-state index in [1.54, 1.807) is 36.4 Å². The molecule has 0 spiro atoms. The van der Waals surface area contributed by atoms with Gasteiger partial charge in [0.25, 0.3) is 0 Å². The van der Waals surface area contributed by atoms with Crippen molar-refractivity contribution in [3.8, 4) is 28.7 Å². The van der Waals surface area contributed by atoms with Crippen LogP contribution in [0, 0.1) is 6.92 Å². The number of halogens is 2. The molecule has 0 fully saturated rings. The fourth-order valence-electron chi connectivity index (χ4n) is 4.99. The van der Waals surface area contributed by atoms with Crippen LogP contribution < -0.4 is 4.74 Å². The first-order valence-electron chi connectivity index (χ1n) is 12.9. The Balaban J connectivity index is 1.57. The molecule has 0 atom stereocenters. The number of ether oxygens (including phenoxy) is 1. The van der Waals surface area contributed by atoms with E-state index in [9.17, 15) is 8.42 Å². The third-order valence-electron chi connectivity index (χ3n) is 6.96. The molecular weight excluding hydrogens is 570 g/mol. The van der Waals surface area contributed by atoms with Crippen LogP contribution in [-0.4, -0.2) is 90.5 Å². The number of alkyl halides is 2. The number of imidazole rings is 2. The molecule has 0 amide bonds. The van der Waals surface area contributed by atoms with Gasteiger partial charge in [-0.3, -0.25) is 9.30 Å². The third kappa shape index (κ3) is 4.70. The number of hydrogen-bond donors (Lipinski definition) is 0. The molecular formula is C26H28F2N10O3S. The lowest BCUT2D eigenvalue weighted by atomic mass is 10.0. The van der Waals surface area contributed by atoms with E-state index in [1.807, 2.05) is 24.3 Å². The van der Waals surface area contributed by atoms with Crippen LogP contribution in [0.5, 0.6) is 5.75 Å². The second-order valence-electron chi connectivity index (χ2n) is 10.3. The predicted octanol–water partition coefficient (Wildman–Crippen LogP) is 2.41. The highest BCUT2D eigenvalue weighted by molar-refractivity contribution is 7.87. The van der Waals surface area contributed by atoms with Gasteiger partial charge in [0, 0.05) is 32.4 Å². The molecule has 5 heterocycles. The van der Waals surface area contributed by atoms with Crippen molar-refractivity contribution < 1.29 is 21.9 Å². The van der Waals surface area contributed by atoms with Gasteiger partial charge < -0.3 is 4.74 Å². The van der Waals surface area contributed by atoms with Crippen molar-refractivity contribution in [3.05, 3.63) is 65.6 Å². The van der Waals surface area contributed by atoms with Gasteiger partial charge in [-0.05, 0) is 31.7 Å². The molecule has 16 heteroatoms. The van der Waals surface area contributed by atoms with Gasteiger partial charge in [0.05, 0.1) is 26.4 Å². The highest BCUT2D eigenvalue weighted by atomic mass is 32.2. The minimum Gasteiger partial charge on any atom is -0.497 e. The first kappa shape index (κ1) is 27.9. The van der Waals surface area contributed by atoms with Gasteiger partial charge in [-0.2, -0.15) is 26.6 Å². The zero-order valence-electron chi connectivity index (χ0n) is 23.5. The number of likely N-dealkylation sites (N-methyl/N-ethyl adjacent to an activating group) is 1. The second-order valence-corrected chi connectivity index (χ2v) is 12.4. The van der Waals surface area contributed by atoms with Gasteiger partial charge in [0.15, 0.2) is 5.82 Å². The maximum Gasteiger partial charge on any atom is 0.308 e. The van der Waals surface area contributed by atoms with E-state index in [0.29, 0.717) is 35.2 Å². The lowest BCUT2D eigenvalue weighted by Crippen LogP contribution is -2.39. The molecule has 220 valence electrons. The zero-order chi connectivity index (χ0) is 30.0. The summed E-state index contributed by atoms with van der Waals surface area (Å²) in [5, 5.41) is 4.56. The average molecular weight is 599 g/mol. The maximum absolute atomic E-state index is 15.0. The number of rotatable bonds is 7. The van der Waals surface area contributed by atoms with Crippen LogP contribution in [-0.2, 0) is 29.2 Å². The fourth-order valence-corrected chi connectivity index (χ4v) is 5.77. The summed E-state index contributed by atoms with van der Waals surface area (Å²) in [6.07, 6.45) is 4.08. The number of aryl methyl sites for hydroxylation is 1. The SMILES string of the molecule is COc1ccc(Cn2nc(C)nc2-c2nc3nc4c(cn3c2-c2cn(S(=O)(=O)N(C)C)cn2)CN(C)CC4(F)F)cc1. The van der Waals surface area contributed by atoms with Gasteiger partial charge in [-0.25, -0.2) is 28.6 Å². The van der Waals surface area contributed by atoms with Crippen LogP contribution in [0.25, 0.3) is 28.7 Å². The summed E-state index contributed by atoms with van der Waals surface area (Å²) in [5.41, 5.74) is 1.73. The van der Waals surface area contributed by atoms with E-state index < -0.39 is 22.7 Å². The summed E-state index contributed by atoms with van der Waals surface area (Å²) in [6, 6.07) is 7.45. The van der Waals surface area contributed by atoms with Crippen LogP contribution >= 0.6 is 0 Å². The van der Waals surface area contributed by atoms with Crippen molar-refractivity contribution in [2.24, 2.45) is 0 Å². The van der Waals surface area contributed by atoms with Crippen LogP contribution in [0.3, 0.4) is 0 Å².